The van der Waals surface area contributed by atoms with Gasteiger partial charge in [0.05, 0.1) is 11.3 Å². The third-order valence-electron chi connectivity index (χ3n) is 6.16. The minimum Gasteiger partial charge on any atom is -0.326 e. The summed E-state index contributed by atoms with van der Waals surface area (Å²) in [6.07, 6.45) is 3.36. The lowest BCUT2D eigenvalue weighted by Crippen LogP contribution is -2.15. The Kier molecular flexibility index (Phi) is 7.28. The fourth-order valence-corrected chi connectivity index (χ4v) is 5.32. The lowest BCUT2D eigenvalue weighted by molar-refractivity contribution is 0.402. The number of anilines is 3. The number of hydrogen-bond acceptors (Lipinski definition) is 6. The van der Waals surface area contributed by atoms with E-state index in [-0.39, 0.29) is 4.90 Å². The second kappa shape index (κ2) is 10.8. The standard InChI is InChI=1S/C29H25F2N5O2S/c1-35(2)19-20-5-10-23(11-6-20)36-17-15-21-7-8-22(33-29(21)36)9-12-25-26(30)13-14-27(28(25)31)34-39(37,38)24-4-3-16-32-18-24/h3-8,10-11,13-14,16,18,34H,15,17,19H2,1-2H3. The van der Waals surface area contributed by atoms with E-state index < -0.39 is 32.9 Å². The predicted molar refractivity (Wildman–Crippen MR) is 146 cm³/mol. The highest BCUT2D eigenvalue weighted by Gasteiger charge is 2.23. The third kappa shape index (κ3) is 5.74. The van der Waals surface area contributed by atoms with Gasteiger partial charge in [0.1, 0.15) is 22.2 Å². The van der Waals surface area contributed by atoms with Crippen LogP contribution in [-0.4, -0.2) is 43.9 Å². The summed E-state index contributed by atoms with van der Waals surface area (Å²) < 4.78 is 57.0. The van der Waals surface area contributed by atoms with E-state index in [1.165, 1.54) is 23.9 Å². The van der Waals surface area contributed by atoms with Crippen molar-refractivity contribution in [3.8, 4) is 11.8 Å². The van der Waals surface area contributed by atoms with Gasteiger partial charge in [-0.25, -0.2) is 22.2 Å². The molecule has 198 valence electrons. The molecule has 0 saturated heterocycles. The van der Waals surface area contributed by atoms with Crippen molar-refractivity contribution in [1.82, 2.24) is 14.9 Å². The first kappa shape index (κ1) is 26.3. The molecule has 0 aliphatic carbocycles. The molecule has 1 N–H and O–H groups in total. The maximum absolute atomic E-state index is 15.2. The molecule has 1 aliphatic heterocycles. The van der Waals surface area contributed by atoms with Gasteiger partial charge in [0, 0.05) is 31.2 Å². The normalized spacial score (nSPS) is 12.7. The van der Waals surface area contributed by atoms with Crippen LogP contribution in [-0.2, 0) is 23.0 Å². The van der Waals surface area contributed by atoms with Gasteiger partial charge in [0.15, 0.2) is 5.82 Å². The van der Waals surface area contributed by atoms with Crippen molar-refractivity contribution in [2.75, 3.05) is 30.3 Å². The summed E-state index contributed by atoms with van der Waals surface area (Å²) in [7, 11) is -0.0845. The topological polar surface area (TPSA) is 78.4 Å². The van der Waals surface area contributed by atoms with Gasteiger partial charge in [-0.2, -0.15) is 0 Å². The Morgan fingerprint density at radius 2 is 1.82 bits per heavy atom. The zero-order chi connectivity index (χ0) is 27.6. The van der Waals surface area contributed by atoms with E-state index in [0.717, 1.165) is 54.9 Å². The van der Waals surface area contributed by atoms with Crippen molar-refractivity contribution in [3.05, 3.63) is 107 Å². The Labute approximate surface area is 226 Å². The Bertz CT molecular complexity index is 1680. The minimum atomic E-state index is -4.12. The summed E-state index contributed by atoms with van der Waals surface area (Å²) in [5, 5.41) is 0. The second-order valence-corrected chi connectivity index (χ2v) is 11.0. The Morgan fingerprint density at radius 1 is 1.03 bits per heavy atom. The Balaban J connectivity index is 1.41. The number of nitrogens with zero attached hydrogens (tertiary/aromatic N) is 4. The maximum atomic E-state index is 15.2. The lowest BCUT2D eigenvalue weighted by atomic mass is 10.1. The van der Waals surface area contributed by atoms with E-state index >= 15 is 4.39 Å². The van der Waals surface area contributed by atoms with Gasteiger partial charge in [0.2, 0.25) is 0 Å². The van der Waals surface area contributed by atoms with Gasteiger partial charge >= 0.3 is 0 Å². The SMILES string of the molecule is CN(C)Cc1ccc(N2CCc3ccc(C#Cc4c(F)ccc(NS(=O)(=O)c5cccnc5)c4F)nc32)cc1. The molecule has 0 fully saturated rings. The van der Waals surface area contributed by atoms with E-state index in [9.17, 15) is 12.8 Å². The third-order valence-corrected chi connectivity index (χ3v) is 7.51. The number of hydrogen-bond donors (Lipinski definition) is 1. The number of sulfonamides is 1. The van der Waals surface area contributed by atoms with Crippen LogP contribution in [0.3, 0.4) is 0 Å². The molecule has 0 unspecified atom stereocenters. The fraction of sp³-hybridized carbons (Fsp3) is 0.172. The molecule has 5 rings (SSSR count). The molecule has 0 radical (unpaired) electrons. The van der Waals surface area contributed by atoms with Crippen LogP contribution in [0, 0.1) is 23.5 Å². The van der Waals surface area contributed by atoms with Crippen LogP contribution in [0.25, 0.3) is 0 Å². The molecule has 39 heavy (non-hydrogen) atoms. The summed E-state index contributed by atoms with van der Waals surface area (Å²) in [6, 6.07) is 16.6. The zero-order valence-electron chi connectivity index (χ0n) is 21.3. The molecule has 7 nitrogen and oxygen atoms in total. The largest absolute Gasteiger partial charge is 0.326 e. The average Bonchev–Trinajstić information content (AvgIpc) is 3.34. The van der Waals surface area contributed by atoms with Crippen molar-refractivity contribution >= 4 is 27.2 Å². The fourth-order valence-electron chi connectivity index (χ4n) is 4.29. The summed E-state index contributed by atoms with van der Waals surface area (Å²) in [4.78, 5) is 12.5. The average molecular weight is 546 g/mol. The molecule has 2 aromatic heterocycles. The van der Waals surface area contributed by atoms with Gasteiger partial charge in [-0.3, -0.25) is 9.71 Å². The highest BCUT2D eigenvalue weighted by atomic mass is 32.2. The molecule has 2 aromatic carbocycles. The maximum Gasteiger partial charge on any atom is 0.263 e. The summed E-state index contributed by atoms with van der Waals surface area (Å²) in [5.74, 6) is 3.96. The Morgan fingerprint density at radius 3 is 2.54 bits per heavy atom. The van der Waals surface area contributed by atoms with Crippen LogP contribution < -0.4 is 9.62 Å². The first-order valence-corrected chi connectivity index (χ1v) is 13.6. The first-order chi connectivity index (χ1) is 18.7. The van der Waals surface area contributed by atoms with Crippen LogP contribution in [0.2, 0.25) is 0 Å². The number of pyridine rings is 2. The smallest absolute Gasteiger partial charge is 0.263 e. The van der Waals surface area contributed by atoms with Crippen molar-refractivity contribution in [1.29, 1.82) is 0 Å². The number of aromatic nitrogens is 2. The van der Waals surface area contributed by atoms with E-state index in [4.69, 9.17) is 0 Å². The van der Waals surface area contributed by atoms with Gasteiger partial charge in [-0.05, 0) is 80.0 Å². The van der Waals surface area contributed by atoms with E-state index in [1.807, 2.05) is 20.2 Å². The van der Waals surface area contributed by atoms with Crippen LogP contribution in [0.1, 0.15) is 22.4 Å². The monoisotopic (exact) mass is 545 g/mol. The number of rotatable bonds is 6. The van der Waals surface area contributed by atoms with Crippen LogP contribution in [0.15, 0.2) is 78.0 Å². The minimum absolute atomic E-state index is 0.152. The number of benzene rings is 2. The molecule has 0 spiro atoms. The summed E-state index contributed by atoms with van der Waals surface area (Å²) >= 11 is 0. The second-order valence-electron chi connectivity index (χ2n) is 9.31. The molecule has 3 heterocycles. The van der Waals surface area contributed by atoms with Gasteiger partial charge in [-0.15, -0.1) is 0 Å². The van der Waals surface area contributed by atoms with Crippen LogP contribution in [0.5, 0.6) is 0 Å². The van der Waals surface area contributed by atoms with Gasteiger partial charge in [0.25, 0.3) is 10.0 Å². The van der Waals surface area contributed by atoms with Gasteiger partial charge < -0.3 is 9.80 Å². The van der Waals surface area contributed by atoms with Crippen LogP contribution in [0.4, 0.5) is 26.0 Å². The highest BCUT2D eigenvalue weighted by Crippen LogP contribution is 2.33. The predicted octanol–water partition coefficient (Wildman–Crippen LogP) is 4.71. The quantitative estimate of drug-likeness (QED) is 0.354. The molecule has 1 aliphatic rings. The van der Waals surface area contributed by atoms with E-state index in [1.54, 1.807) is 6.07 Å². The number of fused-ring (bicyclic) bond motifs is 1. The van der Waals surface area contributed by atoms with Crippen molar-refractivity contribution < 1.29 is 17.2 Å². The number of nitrogens with one attached hydrogen (secondary N) is 1. The summed E-state index contributed by atoms with van der Waals surface area (Å²) in [5.41, 5.74) is 2.61. The zero-order valence-corrected chi connectivity index (χ0v) is 22.1. The van der Waals surface area contributed by atoms with Crippen molar-refractivity contribution in [2.24, 2.45) is 0 Å². The van der Waals surface area contributed by atoms with Crippen molar-refractivity contribution in [3.63, 3.8) is 0 Å². The summed E-state index contributed by atoms with van der Waals surface area (Å²) in [6.45, 7) is 1.60. The molecule has 0 bridgehead atoms. The first-order valence-electron chi connectivity index (χ1n) is 12.2. The van der Waals surface area contributed by atoms with E-state index in [2.05, 4.69) is 60.6 Å². The van der Waals surface area contributed by atoms with E-state index in [0.29, 0.717) is 5.69 Å². The molecular formula is C29H25F2N5O2S. The molecule has 0 saturated carbocycles. The highest BCUT2D eigenvalue weighted by molar-refractivity contribution is 7.92. The molecular weight excluding hydrogens is 520 g/mol. The number of halogens is 2. The molecule has 10 heteroatoms. The van der Waals surface area contributed by atoms with Crippen LogP contribution >= 0.6 is 0 Å². The molecule has 4 aromatic rings. The van der Waals surface area contributed by atoms with Gasteiger partial charge in [-0.1, -0.05) is 24.1 Å². The van der Waals surface area contributed by atoms with Crippen molar-refractivity contribution in [2.45, 2.75) is 17.9 Å². The Hall–Kier alpha value is -4.33. The lowest BCUT2D eigenvalue weighted by Gasteiger charge is -2.19. The molecule has 0 atom stereocenters. The molecule has 0 amide bonds.